The van der Waals surface area contributed by atoms with Gasteiger partial charge in [0.25, 0.3) is 0 Å². The number of nitrogens with zero attached hydrogens (tertiary/aromatic N) is 5. The number of ether oxygens (including phenoxy) is 1. The molecule has 2 aliphatic heterocycles. The molecule has 2 aromatic rings. The fourth-order valence-corrected chi connectivity index (χ4v) is 4.65. The van der Waals surface area contributed by atoms with Gasteiger partial charge in [-0.2, -0.15) is 0 Å². The van der Waals surface area contributed by atoms with Crippen LogP contribution in [0.3, 0.4) is 0 Å². The van der Waals surface area contributed by atoms with Gasteiger partial charge < -0.3 is 15.0 Å². The Bertz CT molecular complexity index is 841. The van der Waals surface area contributed by atoms with Gasteiger partial charge in [0.15, 0.2) is 0 Å². The number of rotatable bonds is 7. The molecule has 4 rings (SSSR count). The Morgan fingerprint density at radius 1 is 1.46 bits per heavy atom. The minimum Gasteiger partial charge on any atom is -0.380 e. The summed E-state index contributed by atoms with van der Waals surface area (Å²) < 4.78 is 5.53. The molecule has 28 heavy (non-hydrogen) atoms. The van der Waals surface area contributed by atoms with Crippen molar-refractivity contribution in [1.82, 2.24) is 25.2 Å². The molecular weight excluding hydrogens is 356 g/mol. The first kappa shape index (κ1) is 19.0. The number of likely N-dealkylation sites (N-methyl/N-ethyl adjacent to an activating group) is 1. The number of nitrogens with one attached hydrogen (secondary N) is 1. The fourth-order valence-electron chi connectivity index (χ4n) is 4.65. The van der Waals surface area contributed by atoms with Crippen LogP contribution < -0.4 is 10.2 Å². The lowest BCUT2D eigenvalue weighted by atomic mass is 9.92. The van der Waals surface area contributed by atoms with E-state index in [0.717, 1.165) is 55.6 Å². The van der Waals surface area contributed by atoms with Gasteiger partial charge in [0.2, 0.25) is 5.91 Å². The molecule has 4 heterocycles. The van der Waals surface area contributed by atoms with Crippen molar-refractivity contribution in [2.45, 2.75) is 37.8 Å². The second kappa shape index (κ2) is 7.97. The number of anilines is 1. The van der Waals surface area contributed by atoms with Crippen LogP contribution in [0.4, 0.5) is 5.82 Å². The van der Waals surface area contributed by atoms with E-state index in [-0.39, 0.29) is 17.6 Å². The number of hydrogen-bond donors (Lipinski definition) is 1. The summed E-state index contributed by atoms with van der Waals surface area (Å²) in [6, 6.07) is 1.94. The minimum atomic E-state index is -0.384. The lowest BCUT2D eigenvalue weighted by Crippen LogP contribution is -2.53. The van der Waals surface area contributed by atoms with Gasteiger partial charge in [0, 0.05) is 51.3 Å². The zero-order valence-corrected chi connectivity index (χ0v) is 16.6. The molecule has 2 aromatic heterocycles. The van der Waals surface area contributed by atoms with Crippen LogP contribution in [0, 0.1) is 0 Å². The maximum absolute atomic E-state index is 13.1. The first-order valence-electron chi connectivity index (χ1n) is 10.0. The van der Waals surface area contributed by atoms with Crippen LogP contribution in [0.5, 0.6) is 0 Å². The second-order valence-electron chi connectivity index (χ2n) is 7.57. The summed E-state index contributed by atoms with van der Waals surface area (Å²) in [7, 11) is 1.74. The highest BCUT2D eigenvalue weighted by Crippen LogP contribution is 2.40. The quantitative estimate of drug-likeness (QED) is 0.768. The van der Waals surface area contributed by atoms with Crippen molar-refractivity contribution in [2.75, 3.05) is 44.7 Å². The van der Waals surface area contributed by atoms with E-state index >= 15 is 0 Å². The van der Waals surface area contributed by atoms with Gasteiger partial charge >= 0.3 is 0 Å². The molecule has 1 amide bonds. The van der Waals surface area contributed by atoms with E-state index in [4.69, 9.17) is 4.74 Å². The van der Waals surface area contributed by atoms with E-state index in [2.05, 4.69) is 37.0 Å². The topological polar surface area (TPSA) is 83.5 Å². The Morgan fingerprint density at radius 3 is 3.18 bits per heavy atom. The first-order valence-corrected chi connectivity index (χ1v) is 10.0. The standard InChI is InChI=1S/C20H28N6O2/c1-3-25(18-16-5-7-21-12-17(16)23-14-24-18)10-8-22-19(27)20-6-4-9-26(20)13-15(11-20)28-2/h5,7,12,14-15H,3-4,6,8-11,13H2,1-2H3,(H,22,27). The number of carbonyl (C=O) groups is 1. The van der Waals surface area contributed by atoms with Crippen LogP contribution in [0.25, 0.3) is 10.9 Å². The monoisotopic (exact) mass is 384 g/mol. The molecule has 150 valence electrons. The zero-order chi connectivity index (χ0) is 19.6. The van der Waals surface area contributed by atoms with Crippen molar-refractivity contribution < 1.29 is 9.53 Å². The summed E-state index contributed by atoms with van der Waals surface area (Å²) in [5.41, 5.74) is 0.442. The van der Waals surface area contributed by atoms with Crippen molar-refractivity contribution in [3.8, 4) is 0 Å². The van der Waals surface area contributed by atoms with Crippen molar-refractivity contribution >= 4 is 22.6 Å². The third kappa shape index (κ3) is 3.31. The molecule has 0 aliphatic carbocycles. The predicted molar refractivity (Wildman–Crippen MR) is 107 cm³/mol. The molecule has 1 N–H and O–H groups in total. The molecule has 0 saturated carbocycles. The maximum atomic E-state index is 13.1. The van der Waals surface area contributed by atoms with Crippen molar-refractivity contribution in [2.24, 2.45) is 0 Å². The van der Waals surface area contributed by atoms with Gasteiger partial charge in [-0.25, -0.2) is 9.97 Å². The lowest BCUT2D eigenvalue weighted by Gasteiger charge is -2.31. The molecule has 0 aromatic carbocycles. The van der Waals surface area contributed by atoms with Gasteiger partial charge in [-0.15, -0.1) is 0 Å². The maximum Gasteiger partial charge on any atom is 0.240 e. The number of fused-ring (bicyclic) bond motifs is 2. The van der Waals surface area contributed by atoms with Gasteiger partial charge in [-0.05, 0) is 32.4 Å². The first-order chi connectivity index (χ1) is 13.7. The third-order valence-corrected chi connectivity index (χ3v) is 6.14. The summed E-state index contributed by atoms with van der Waals surface area (Å²) in [6.07, 6.45) is 8.00. The van der Waals surface area contributed by atoms with Gasteiger partial charge in [0.05, 0.1) is 17.8 Å². The minimum absolute atomic E-state index is 0.136. The van der Waals surface area contributed by atoms with Crippen LogP contribution in [0.1, 0.15) is 26.2 Å². The predicted octanol–water partition coefficient (Wildman–Crippen LogP) is 1.22. The molecule has 8 nitrogen and oxygen atoms in total. The molecule has 2 unspecified atom stereocenters. The van der Waals surface area contributed by atoms with E-state index in [1.807, 2.05) is 6.07 Å². The van der Waals surface area contributed by atoms with Gasteiger partial charge in [-0.1, -0.05) is 0 Å². The SMILES string of the molecule is CCN(CCNC(=O)C12CCCN1CC(OC)C2)c1ncnc2cnccc12. The fraction of sp³-hybridized carbons (Fsp3) is 0.600. The molecule has 2 saturated heterocycles. The van der Waals surface area contributed by atoms with E-state index in [1.165, 1.54) is 0 Å². The van der Waals surface area contributed by atoms with Crippen molar-refractivity contribution in [1.29, 1.82) is 0 Å². The summed E-state index contributed by atoms with van der Waals surface area (Å²) in [6.45, 7) is 6.00. The smallest absolute Gasteiger partial charge is 0.240 e. The number of aromatic nitrogens is 3. The summed E-state index contributed by atoms with van der Waals surface area (Å²) in [4.78, 5) is 30.4. The summed E-state index contributed by atoms with van der Waals surface area (Å²) in [5, 5.41) is 4.16. The lowest BCUT2D eigenvalue weighted by molar-refractivity contribution is -0.130. The van der Waals surface area contributed by atoms with E-state index < -0.39 is 0 Å². The number of methoxy groups -OCH3 is 1. The molecule has 2 aliphatic rings. The Morgan fingerprint density at radius 2 is 2.36 bits per heavy atom. The van der Waals surface area contributed by atoms with Crippen LogP contribution in [-0.2, 0) is 9.53 Å². The molecule has 0 spiro atoms. The average Bonchev–Trinajstić information content (AvgIpc) is 3.29. The highest BCUT2D eigenvalue weighted by molar-refractivity contribution is 5.89. The van der Waals surface area contributed by atoms with Crippen molar-refractivity contribution in [3.05, 3.63) is 24.8 Å². The summed E-state index contributed by atoms with van der Waals surface area (Å²) in [5.74, 6) is 1.02. The molecular formula is C20H28N6O2. The Hall–Kier alpha value is -2.32. The highest BCUT2D eigenvalue weighted by Gasteiger charge is 2.53. The highest BCUT2D eigenvalue weighted by atomic mass is 16.5. The molecule has 2 atom stereocenters. The largest absolute Gasteiger partial charge is 0.380 e. The van der Waals surface area contributed by atoms with Crippen LogP contribution in [0.2, 0.25) is 0 Å². The van der Waals surface area contributed by atoms with Crippen LogP contribution >= 0.6 is 0 Å². The van der Waals surface area contributed by atoms with E-state index in [0.29, 0.717) is 13.1 Å². The van der Waals surface area contributed by atoms with Crippen LogP contribution in [0.15, 0.2) is 24.8 Å². The Labute approximate surface area is 165 Å². The molecule has 2 fully saturated rings. The molecule has 8 heteroatoms. The zero-order valence-electron chi connectivity index (χ0n) is 16.6. The second-order valence-corrected chi connectivity index (χ2v) is 7.57. The Balaban J connectivity index is 1.42. The summed E-state index contributed by atoms with van der Waals surface area (Å²) >= 11 is 0. The number of amides is 1. The third-order valence-electron chi connectivity index (χ3n) is 6.14. The van der Waals surface area contributed by atoms with E-state index in [9.17, 15) is 4.79 Å². The van der Waals surface area contributed by atoms with Crippen molar-refractivity contribution in [3.63, 3.8) is 0 Å². The number of hydrogen-bond acceptors (Lipinski definition) is 7. The Kier molecular flexibility index (Phi) is 5.41. The normalized spacial score (nSPS) is 24.4. The van der Waals surface area contributed by atoms with Gasteiger partial charge in [-0.3, -0.25) is 14.7 Å². The van der Waals surface area contributed by atoms with Crippen LogP contribution in [-0.4, -0.2) is 77.2 Å². The molecule has 0 bridgehead atoms. The molecule has 0 radical (unpaired) electrons. The number of pyridine rings is 1. The van der Waals surface area contributed by atoms with E-state index in [1.54, 1.807) is 25.8 Å². The number of carbonyl (C=O) groups excluding carboxylic acids is 1. The average molecular weight is 384 g/mol. The van der Waals surface area contributed by atoms with Gasteiger partial charge in [0.1, 0.15) is 17.7 Å².